The Bertz CT molecular complexity index is 1160. The second-order valence-electron chi connectivity index (χ2n) is 12.1. The highest BCUT2D eigenvalue weighted by molar-refractivity contribution is 6.02. The largest absolute Gasteiger partial charge is 0.463 e. The number of hydrazone groups is 1. The van der Waals surface area contributed by atoms with E-state index in [-0.39, 0.29) is 29.3 Å². The molecule has 1 aliphatic heterocycles. The van der Waals surface area contributed by atoms with Gasteiger partial charge >= 0.3 is 12.0 Å². The van der Waals surface area contributed by atoms with Gasteiger partial charge in [0.1, 0.15) is 6.10 Å². The number of anilines is 1. The number of para-hydroxylation sites is 1. The van der Waals surface area contributed by atoms with Crippen LogP contribution in [0.2, 0.25) is 0 Å². The molecule has 204 valence electrons. The van der Waals surface area contributed by atoms with Crippen LogP contribution < -0.4 is 16.1 Å². The zero-order valence-electron chi connectivity index (χ0n) is 22.9. The third-order valence-electron chi connectivity index (χ3n) is 9.97. The number of esters is 1. The molecule has 5 rings (SSSR count). The zero-order valence-corrected chi connectivity index (χ0v) is 22.9. The molecule has 8 heteroatoms. The number of hydrogen-bond donors (Lipinski definition) is 3. The Morgan fingerprint density at radius 3 is 2.58 bits per heavy atom. The molecule has 38 heavy (non-hydrogen) atoms. The number of urea groups is 1. The van der Waals surface area contributed by atoms with Crippen LogP contribution in [-0.2, 0) is 14.3 Å². The standard InChI is InChI=1S/C30H40N4O4/c1-18(33-34-28(37)31-21-8-6-5-7-9-21)24-12-13-25-23-11-10-20-16-22(38-19(2)35)14-15-29(20,3)26(23)17-27(36)32-30(24,25)4/h5-9,12,20,22-23,25-26H,10-11,13-17H2,1-4H3,(H,32,36)(H2,31,34,37)/b33-18+/t20-,22-,23-,25-,26-,29-,30+/m0/s1. The van der Waals surface area contributed by atoms with Crippen molar-refractivity contribution in [3.8, 4) is 0 Å². The Balaban J connectivity index is 1.32. The van der Waals surface area contributed by atoms with E-state index in [9.17, 15) is 14.4 Å². The van der Waals surface area contributed by atoms with Crippen LogP contribution in [0.5, 0.6) is 0 Å². The molecule has 1 heterocycles. The maximum absolute atomic E-state index is 13.4. The Hall–Kier alpha value is -3.16. The van der Waals surface area contributed by atoms with Crippen molar-refractivity contribution in [3.63, 3.8) is 0 Å². The molecule has 2 saturated carbocycles. The second kappa shape index (κ2) is 10.2. The molecular formula is C30H40N4O4. The molecule has 7 atom stereocenters. The maximum atomic E-state index is 13.4. The maximum Gasteiger partial charge on any atom is 0.339 e. The van der Waals surface area contributed by atoms with Gasteiger partial charge in [-0.3, -0.25) is 9.59 Å². The van der Waals surface area contributed by atoms with Crippen LogP contribution in [0.3, 0.4) is 0 Å². The predicted octanol–water partition coefficient (Wildman–Crippen LogP) is 5.17. The number of benzene rings is 1. The molecule has 3 aliphatic carbocycles. The number of nitrogens with zero attached hydrogens (tertiary/aromatic N) is 1. The summed E-state index contributed by atoms with van der Waals surface area (Å²) in [5.41, 5.74) is 4.53. The molecule has 0 spiro atoms. The average molecular weight is 521 g/mol. The van der Waals surface area contributed by atoms with Gasteiger partial charge in [0, 0.05) is 19.0 Å². The molecule has 4 aliphatic rings. The lowest BCUT2D eigenvalue weighted by atomic mass is 9.49. The second-order valence-corrected chi connectivity index (χ2v) is 12.1. The lowest BCUT2D eigenvalue weighted by Gasteiger charge is -2.56. The van der Waals surface area contributed by atoms with Crippen molar-refractivity contribution >= 4 is 29.3 Å². The highest BCUT2D eigenvalue weighted by atomic mass is 16.5. The topological polar surface area (TPSA) is 109 Å². The first kappa shape index (κ1) is 26.4. The van der Waals surface area contributed by atoms with Crippen LogP contribution >= 0.6 is 0 Å². The minimum Gasteiger partial charge on any atom is -0.463 e. The van der Waals surface area contributed by atoms with Gasteiger partial charge in [-0.1, -0.05) is 31.2 Å². The van der Waals surface area contributed by atoms with E-state index in [0.717, 1.165) is 44.1 Å². The van der Waals surface area contributed by atoms with Gasteiger partial charge in [-0.05, 0) is 99.2 Å². The van der Waals surface area contributed by atoms with Gasteiger partial charge in [0.05, 0.1) is 11.3 Å². The monoisotopic (exact) mass is 520 g/mol. The molecule has 0 aromatic heterocycles. The Kier molecular flexibility index (Phi) is 7.09. The molecule has 0 unspecified atom stereocenters. The van der Waals surface area contributed by atoms with Crippen molar-refractivity contribution in [1.29, 1.82) is 0 Å². The summed E-state index contributed by atoms with van der Waals surface area (Å²) in [6.07, 6.45) is 8.53. The van der Waals surface area contributed by atoms with E-state index in [2.05, 4.69) is 41.1 Å². The van der Waals surface area contributed by atoms with E-state index in [1.165, 1.54) is 6.92 Å². The quantitative estimate of drug-likeness (QED) is 0.289. The number of ether oxygens (including phenoxy) is 1. The fourth-order valence-electron chi connectivity index (χ4n) is 8.20. The Morgan fingerprint density at radius 1 is 1.08 bits per heavy atom. The number of nitrogens with one attached hydrogen (secondary N) is 3. The molecule has 8 nitrogen and oxygen atoms in total. The third kappa shape index (κ3) is 4.85. The van der Waals surface area contributed by atoms with Crippen molar-refractivity contribution in [2.45, 2.75) is 84.3 Å². The Morgan fingerprint density at radius 2 is 1.84 bits per heavy atom. The van der Waals surface area contributed by atoms with Crippen molar-refractivity contribution in [3.05, 3.63) is 42.0 Å². The summed E-state index contributed by atoms with van der Waals surface area (Å²) in [5.74, 6) is 1.34. The van der Waals surface area contributed by atoms with Crippen LogP contribution in [0.25, 0.3) is 0 Å². The normalized spacial score (nSPS) is 36.4. The third-order valence-corrected chi connectivity index (χ3v) is 9.97. The fraction of sp³-hybridized carbons (Fsp3) is 0.600. The van der Waals surface area contributed by atoms with Crippen molar-refractivity contribution in [1.82, 2.24) is 10.7 Å². The molecule has 1 aromatic carbocycles. The van der Waals surface area contributed by atoms with Gasteiger partial charge in [0.2, 0.25) is 5.91 Å². The first-order valence-corrected chi connectivity index (χ1v) is 14.0. The van der Waals surface area contributed by atoms with Gasteiger partial charge in [0.15, 0.2) is 0 Å². The summed E-state index contributed by atoms with van der Waals surface area (Å²) in [4.78, 5) is 37.4. The molecule has 1 saturated heterocycles. The number of allylic oxidation sites excluding steroid dienone is 1. The molecule has 3 fully saturated rings. The molecule has 1 aromatic rings. The number of amides is 3. The minimum absolute atomic E-state index is 0.00259. The summed E-state index contributed by atoms with van der Waals surface area (Å²) in [5, 5.41) is 10.6. The number of fused-ring (bicyclic) bond motifs is 5. The minimum atomic E-state index is -0.528. The highest BCUT2D eigenvalue weighted by Gasteiger charge is 2.59. The summed E-state index contributed by atoms with van der Waals surface area (Å²) >= 11 is 0. The molecule has 3 amide bonds. The summed E-state index contributed by atoms with van der Waals surface area (Å²) in [6.45, 7) is 7.89. The average Bonchev–Trinajstić information content (AvgIpc) is 3.14. The van der Waals surface area contributed by atoms with Crippen LogP contribution in [-0.4, -0.2) is 35.3 Å². The van der Waals surface area contributed by atoms with Gasteiger partial charge in [0.25, 0.3) is 0 Å². The van der Waals surface area contributed by atoms with Gasteiger partial charge in [-0.2, -0.15) is 5.10 Å². The first-order valence-electron chi connectivity index (χ1n) is 14.0. The molecule has 3 N–H and O–H groups in total. The van der Waals surface area contributed by atoms with E-state index in [4.69, 9.17) is 4.74 Å². The van der Waals surface area contributed by atoms with E-state index < -0.39 is 11.6 Å². The lowest BCUT2D eigenvalue weighted by Crippen LogP contribution is -2.54. The number of carbonyl (C=O) groups is 3. The van der Waals surface area contributed by atoms with Crippen LogP contribution in [0.4, 0.5) is 10.5 Å². The highest BCUT2D eigenvalue weighted by Crippen LogP contribution is 2.61. The lowest BCUT2D eigenvalue weighted by molar-refractivity contribution is -0.155. The van der Waals surface area contributed by atoms with Gasteiger partial charge < -0.3 is 15.4 Å². The van der Waals surface area contributed by atoms with Crippen molar-refractivity contribution < 1.29 is 19.1 Å². The van der Waals surface area contributed by atoms with Crippen LogP contribution in [0, 0.1) is 29.1 Å². The van der Waals surface area contributed by atoms with E-state index in [0.29, 0.717) is 35.6 Å². The Labute approximate surface area is 225 Å². The summed E-state index contributed by atoms with van der Waals surface area (Å²) in [7, 11) is 0. The predicted molar refractivity (Wildman–Crippen MR) is 146 cm³/mol. The first-order chi connectivity index (χ1) is 18.1. The fourth-order valence-corrected chi connectivity index (χ4v) is 8.20. The van der Waals surface area contributed by atoms with E-state index >= 15 is 0 Å². The molecule has 0 bridgehead atoms. The van der Waals surface area contributed by atoms with Gasteiger partial charge in [-0.15, -0.1) is 0 Å². The zero-order chi connectivity index (χ0) is 27.1. The molecule has 0 radical (unpaired) electrons. The van der Waals surface area contributed by atoms with Crippen LogP contribution in [0.15, 0.2) is 47.1 Å². The van der Waals surface area contributed by atoms with Gasteiger partial charge in [-0.25, -0.2) is 10.2 Å². The number of hydrogen-bond acceptors (Lipinski definition) is 5. The number of rotatable bonds is 4. The summed E-state index contributed by atoms with van der Waals surface area (Å²) in [6, 6.07) is 8.83. The van der Waals surface area contributed by atoms with E-state index in [1.54, 1.807) is 0 Å². The SMILES string of the molecule is CC(=O)O[C@H]1CC[C@@]2(C)[C@@H](CC[C@@H]3[C@@H]2CC(=O)N[C@]2(C)C(/C(C)=N/NC(=O)Nc4ccccc4)=CC[C@@H]32)C1. The van der Waals surface area contributed by atoms with Crippen LogP contribution in [0.1, 0.15) is 72.6 Å². The van der Waals surface area contributed by atoms with E-state index in [1.807, 2.05) is 37.3 Å². The smallest absolute Gasteiger partial charge is 0.339 e. The van der Waals surface area contributed by atoms with Crippen molar-refractivity contribution in [2.24, 2.45) is 34.2 Å². The summed E-state index contributed by atoms with van der Waals surface area (Å²) < 4.78 is 5.59. The van der Waals surface area contributed by atoms with Crippen molar-refractivity contribution in [2.75, 3.05) is 5.32 Å². The number of carbonyl (C=O) groups excluding carboxylic acids is 3. The molecular weight excluding hydrogens is 480 g/mol.